The predicted octanol–water partition coefficient (Wildman–Crippen LogP) is 10.4. The van der Waals surface area contributed by atoms with Crippen LogP contribution in [0.5, 0.6) is 11.5 Å². The van der Waals surface area contributed by atoms with Crippen LogP contribution < -0.4 is 19.7 Å². The number of nitrogens with zero attached hydrogens (tertiary/aromatic N) is 7. The molecule has 4 N–H and O–H groups in total. The van der Waals surface area contributed by atoms with Gasteiger partial charge in [-0.2, -0.15) is 5.10 Å². The normalized spacial score (nSPS) is 21.3. The lowest BCUT2D eigenvalue weighted by atomic mass is 9.59. The number of carbonyl (C=O) groups is 1. The lowest BCUT2D eigenvalue weighted by Gasteiger charge is -2.58. The second kappa shape index (κ2) is 21.4. The summed E-state index contributed by atoms with van der Waals surface area (Å²) in [6.07, 6.45) is 14.2. The van der Waals surface area contributed by atoms with Gasteiger partial charge in [0, 0.05) is 99.7 Å². The molecule has 0 bridgehead atoms. The van der Waals surface area contributed by atoms with E-state index in [2.05, 4.69) is 102 Å². The van der Waals surface area contributed by atoms with Crippen molar-refractivity contribution >= 4 is 44.0 Å². The summed E-state index contributed by atoms with van der Waals surface area (Å²) < 4.78 is 38.2. The number of H-pyrrole nitrogens is 1. The molecule has 4 fully saturated rings. The molecule has 5 heterocycles. The van der Waals surface area contributed by atoms with Crippen LogP contribution in [0.1, 0.15) is 111 Å². The summed E-state index contributed by atoms with van der Waals surface area (Å²) in [6, 6.07) is 32.9. The van der Waals surface area contributed by atoms with Gasteiger partial charge in [-0.25, -0.2) is 22.8 Å². The van der Waals surface area contributed by atoms with Crippen LogP contribution in [0.25, 0.3) is 16.7 Å². The number of hydrogen-bond donors (Lipinski definition) is 4. The number of sulfonamides is 1. The van der Waals surface area contributed by atoms with E-state index in [0.29, 0.717) is 42.7 Å². The Hall–Kier alpha value is -7.12. The maximum atomic E-state index is 14.1. The second-order valence-corrected chi connectivity index (χ2v) is 24.2. The number of hydrogen-bond acceptors (Lipinski definition) is 13. The molecule has 18 heteroatoms. The quantitative estimate of drug-likeness (QED) is 0.0526. The first-order valence-corrected chi connectivity index (χ1v) is 28.5. The van der Waals surface area contributed by atoms with Gasteiger partial charge >= 0.3 is 0 Å². The second-order valence-electron chi connectivity index (χ2n) is 22.5. The van der Waals surface area contributed by atoms with Crippen molar-refractivity contribution in [3.05, 3.63) is 160 Å². The highest BCUT2D eigenvalue weighted by Crippen LogP contribution is 2.53. The molecule has 402 valence electrons. The molecule has 1 atom stereocenters. The van der Waals surface area contributed by atoms with Crippen molar-refractivity contribution in [1.29, 1.82) is 0 Å². The number of nitrogens with one attached hydrogen (secondary N) is 3. The van der Waals surface area contributed by atoms with E-state index in [1.54, 1.807) is 36.8 Å². The topological polar surface area (TPSA) is 204 Å². The Labute approximate surface area is 449 Å². The Balaban J connectivity index is 0.772. The minimum Gasteiger partial charge on any atom is -0.455 e. The number of piperidine rings is 1. The van der Waals surface area contributed by atoms with Crippen LogP contribution in [0, 0.1) is 21.4 Å². The zero-order valence-electron chi connectivity index (χ0n) is 44.0. The van der Waals surface area contributed by atoms with Crippen molar-refractivity contribution in [2.24, 2.45) is 11.3 Å². The van der Waals surface area contributed by atoms with E-state index in [4.69, 9.17) is 4.74 Å². The molecule has 2 aliphatic heterocycles. The number of aliphatic hydroxyl groups is 1. The maximum Gasteiger partial charge on any atom is 0.293 e. The number of nitro benzene ring substituents is 1. The lowest BCUT2D eigenvalue weighted by Crippen LogP contribution is -2.60. The fraction of sp³-hybridized carbons (Fsp3) is 0.407. The third-order valence-corrected chi connectivity index (χ3v) is 18.2. The van der Waals surface area contributed by atoms with Gasteiger partial charge in [0.15, 0.2) is 0 Å². The van der Waals surface area contributed by atoms with Gasteiger partial charge in [-0.1, -0.05) is 50.2 Å². The molecule has 7 aromatic rings. The zero-order valence-corrected chi connectivity index (χ0v) is 44.8. The Bertz CT molecular complexity index is 3350. The SMILES string of the molecule is CC(C)c1ccccc1C1CN(Cc2ccc(-n3cccn3)cc2)CCN1C1CC2(CCN(c3ccc(C(=O)NS(=O)(=O)c4ccc(NCC5CCC(C)(O)CC5)c([N+](=O)[O-])c4)c(Oc4cnc5[nH]ccc5c4)c3)CC2)C1. The summed E-state index contributed by atoms with van der Waals surface area (Å²) in [7, 11) is -4.59. The molecule has 1 unspecified atom stereocenters. The smallest absolute Gasteiger partial charge is 0.293 e. The van der Waals surface area contributed by atoms with Crippen molar-refractivity contribution in [1.82, 2.24) is 34.3 Å². The van der Waals surface area contributed by atoms with E-state index in [0.717, 1.165) is 101 Å². The van der Waals surface area contributed by atoms with Crippen molar-refractivity contribution in [3.8, 4) is 17.2 Å². The number of aromatic nitrogens is 4. The monoisotopic (exact) mass is 1060 g/mol. The van der Waals surface area contributed by atoms with Gasteiger partial charge in [-0.05, 0) is 147 Å². The predicted molar refractivity (Wildman–Crippen MR) is 297 cm³/mol. The number of pyridine rings is 1. The van der Waals surface area contributed by atoms with Crippen LogP contribution >= 0.6 is 0 Å². The molecule has 11 rings (SSSR count). The van der Waals surface area contributed by atoms with Crippen LogP contribution in [-0.2, 0) is 16.6 Å². The number of fused-ring (bicyclic) bond motifs is 1. The molecule has 77 heavy (non-hydrogen) atoms. The van der Waals surface area contributed by atoms with Crippen LogP contribution in [0.2, 0.25) is 0 Å². The number of rotatable bonds is 16. The number of piperazine rings is 1. The first kappa shape index (κ1) is 52.0. The summed E-state index contributed by atoms with van der Waals surface area (Å²) in [5.41, 5.74) is 5.92. The first-order chi connectivity index (χ1) is 37.1. The first-order valence-electron chi connectivity index (χ1n) is 27.1. The molecule has 1 amide bonds. The summed E-state index contributed by atoms with van der Waals surface area (Å²) >= 11 is 0. The van der Waals surface area contributed by atoms with Crippen molar-refractivity contribution < 1.29 is 28.0 Å². The highest BCUT2D eigenvalue weighted by atomic mass is 32.2. The van der Waals surface area contributed by atoms with E-state index in [1.165, 1.54) is 28.8 Å². The lowest BCUT2D eigenvalue weighted by molar-refractivity contribution is -0.384. The van der Waals surface area contributed by atoms with Crippen molar-refractivity contribution in [2.45, 2.75) is 107 Å². The maximum absolute atomic E-state index is 14.1. The molecule has 4 aliphatic rings. The summed E-state index contributed by atoms with van der Waals surface area (Å²) in [5.74, 6) is 0.158. The minimum atomic E-state index is -4.59. The third kappa shape index (κ3) is 11.3. The zero-order chi connectivity index (χ0) is 53.5. The molecule has 2 saturated heterocycles. The largest absolute Gasteiger partial charge is 0.455 e. The fourth-order valence-corrected chi connectivity index (χ4v) is 13.3. The van der Waals surface area contributed by atoms with Gasteiger partial charge in [-0.15, -0.1) is 0 Å². The molecule has 17 nitrogen and oxygen atoms in total. The Morgan fingerprint density at radius 3 is 2.43 bits per heavy atom. The van der Waals surface area contributed by atoms with Gasteiger partial charge in [0.1, 0.15) is 22.8 Å². The Kier molecular flexibility index (Phi) is 14.4. The van der Waals surface area contributed by atoms with Gasteiger partial charge < -0.3 is 25.0 Å². The third-order valence-electron chi connectivity index (χ3n) is 16.9. The number of nitro groups is 1. The minimum absolute atomic E-state index is 0.0296. The van der Waals surface area contributed by atoms with Crippen LogP contribution in [0.3, 0.4) is 0 Å². The van der Waals surface area contributed by atoms with Crippen LogP contribution in [0.4, 0.5) is 17.1 Å². The summed E-state index contributed by atoms with van der Waals surface area (Å²) in [5, 5.41) is 30.9. The molecule has 0 radical (unpaired) electrons. The molecular weight excluding hydrogens is 993 g/mol. The Morgan fingerprint density at radius 1 is 0.922 bits per heavy atom. The van der Waals surface area contributed by atoms with Gasteiger partial charge in [0.25, 0.3) is 21.6 Å². The number of amides is 1. The van der Waals surface area contributed by atoms with Gasteiger partial charge in [0.2, 0.25) is 0 Å². The Morgan fingerprint density at radius 2 is 1.69 bits per heavy atom. The van der Waals surface area contributed by atoms with Crippen molar-refractivity contribution in [3.63, 3.8) is 0 Å². The molecule has 4 aromatic carbocycles. The number of anilines is 2. The van der Waals surface area contributed by atoms with Crippen molar-refractivity contribution in [2.75, 3.05) is 49.5 Å². The number of benzene rings is 4. The standard InChI is InChI=1S/C59H68N10O7S/c1-40(2)49-7-4-5-8-50(49)54-39-65(38-42-9-11-44(12-10-42)68-26-6-24-63-68)29-30-67(54)46-34-59(35-46)22-27-66(28-23-59)45-13-15-51(55(32-45)76-47-31-43-19-25-60-56(43)62-37-47)57(70)64-77(74,75)48-14-16-52(53(33-48)69(72)73)61-36-41-17-20-58(3,71)21-18-41/h4-16,19,24-26,31-33,37,40-41,46,54,61,71H,17-18,20-23,27-30,34-36,38-39H2,1-3H3,(H,60,62)(H,64,70). The average Bonchev–Trinajstić information content (AvgIpc) is 4.24. The fourth-order valence-electron chi connectivity index (χ4n) is 12.4. The van der Waals surface area contributed by atoms with E-state index >= 15 is 0 Å². The molecule has 1 spiro atoms. The van der Waals surface area contributed by atoms with E-state index in [9.17, 15) is 28.4 Å². The molecule has 2 aliphatic carbocycles. The van der Waals surface area contributed by atoms with Gasteiger partial charge in [0.05, 0.1) is 32.9 Å². The number of carbonyl (C=O) groups excluding carboxylic acids is 1. The molecule has 3 aromatic heterocycles. The molecular formula is C59H68N10O7S. The van der Waals surface area contributed by atoms with E-state index < -0.39 is 37.0 Å². The molecule has 2 saturated carbocycles. The highest BCUT2D eigenvalue weighted by Gasteiger charge is 2.50. The van der Waals surface area contributed by atoms with Crippen LogP contribution in [0.15, 0.2) is 133 Å². The van der Waals surface area contributed by atoms with E-state index in [-0.39, 0.29) is 34.4 Å². The summed E-state index contributed by atoms with van der Waals surface area (Å²) in [4.78, 5) is 40.6. The van der Waals surface area contributed by atoms with Gasteiger partial charge in [-0.3, -0.25) is 24.7 Å². The van der Waals surface area contributed by atoms with Crippen LogP contribution in [-0.4, -0.2) is 105 Å². The van der Waals surface area contributed by atoms with E-state index in [1.807, 2.05) is 36.0 Å². The highest BCUT2D eigenvalue weighted by molar-refractivity contribution is 7.90. The number of ether oxygens (including phenoxy) is 1. The summed E-state index contributed by atoms with van der Waals surface area (Å²) in [6.45, 7) is 12.3. The number of aromatic amines is 1. The average molecular weight is 1060 g/mol.